The Balaban J connectivity index is 2.57. The first kappa shape index (κ1) is 15.2. The van der Waals surface area contributed by atoms with E-state index in [2.05, 4.69) is 58.6 Å². The molecule has 0 fully saturated rings. The highest BCUT2D eigenvalue weighted by Gasteiger charge is 2.14. The van der Waals surface area contributed by atoms with Crippen molar-refractivity contribution in [3.8, 4) is 11.4 Å². The quantitative estimate of drug-likeness (QED) is 0.820. The topological polar surface area (TPSA) is 50.7 Å². The summed E-state index contributed by atoms with van der Waals surface area (Å²) in [6.07, 6.45) is 4.57. The minimum absolute atomic E-state index is 0.561. The Bertz CT molecular complexity index is 611. The fourth-order valence-corrected chi connectivity index (χ4v) is 2.73. The summed E-state index contributed by atoms with van der Waals surface area (Å²) in [6.45, 7) is 6.46. The molecule has 1 N–H and O–H groups in total. The highest BCUT2D eigenvalue weighted by Crippen LogP contribution is 2.26. The van der Waals surface area contributed by atoms with Crippen molar-refractivity contribution in [3.05, 3.63) is 33.3 Å². The van der Waals surface area contributed by atoms with E-state index in [9.17, 15) is 0 Å². The number of hydrogen-bond acceptors (Lipinski definition) is 4. The molecule has 2 rings (SSSR count). The standard InChI is InChI=1S/C15H19IN4/c1-9(2)7-12-13(16)15(17-4)20-14(19-12)11-8-18-6-5-10(11)3/h5-6,8-9H,7H2,1-4H3,(H,17,19,20). The van der Waals surface area contributed by atoms with Crippen LogP contribution in [0.5, 0.6) is 0 Å². The maximum atomic E-state index is 4.75. The van der Waals surface area contributed by atoms with Crippen molar-refractivity contribution in [1.82, 2.24) is 15.0 Å². The first-order valence-electron chi connectivity index (χ1n) is 6.68. The van der Waals surface area contributed by atoms with E-state index in [0.29, 0.717) is 5.92 Å². The van der Waals surface area contributed by atoms with E-state index in [1.807, 2.05) is 19.3 Å². The number of aromatic nitrogens is 3. The molecule has 0 saturated carbocycles. The van der Waals surface area contributed by atoms with Crippen molar-refractivity contribution >= 4 is 28.4 Å². The number of nitrogens with zero attached hydrogens (tertiary/aromatic N) is 3. The number of hydrogen-bond donors (Lipinski definition) is 1. The summed E-state index contributed by atoms with van der Waals surface area (Å²) in [5, 5.41) is 3.16. The zero-order valence-electron chi connectivity index (χ0n) is 12.2. The zero-order chi connectivity index (χ0) is 14.7. The van der Waals surface area contributed by atoms with Crippen molar-refractivity contribution in [3.63, 3.8) is 0 Å². The second kappa shape index (κ2) is 6.47. The molecule has 5 heteroatoms. The fourth-order valence-electron chi connectivity index (χ4n) is 2.00. The third-order valence-electron chi connectivity index (χ3n) is 3.04. The van der Waals surface area contributed by atoms with Gasteiger partial charge in [0.15, 0.2) is 5.82 Å². The molecular formula is C15H19IN4. The van der Waals surface area contributed by atoms with Crippen LogP contribution in [0.15, 0.2) is 18.5 Å². The zero-order valence-corrected chi connectivity index (χ0v) is 14.4. The summed E-state index contributed by atoms with van der Waals surface area (Å²) in [6, 6.07) is 1.98. The van der Waals surface area contributed by atoms with Crippen LogP contribution in [0.2, 0.25) is 0 Å². The second-order valence-electron chi connectivity index (χ2n) is 5.20. The Labute approximate surface area is 133 Å². The molecule has 0 aliphatic rings. The molecular weight excluding hydrogens is 363 g/mol. The van der Waals surface area contributed by atoms with Gasteiger partial charge >= 0.3 is 0 Å². The van der Waals surface area contributed by atoms with Crippen molar-refractivity contribution < 1.29 is 0 Å². The lowest BCUT2D eigenvalue weighted by Gasteiger charge is -2.13. The van der Waals surface area contributed by atoms with Crippen LogP contribution >= 0.6 is 22.6 Å². The first-order chi connectivity index (χ1) is 9.52. The van der Waals surface area contributed by atoms with Crippen LogP contribution in [0.25, 0.3) is 11.4 Å². The smallest absolute Gasteiger partial charge is 0.163 e. The van der Waals surface area contributed by atoms with E-state index in [4.69, 9.17) is 4.98 Å². The van der Waals surface area contributed by atoms with Crippen LogP contribution in [-0.2, 0) is 6.42 Å². The Morgan fingerprint density at radius 1 is 1.30 bits per heavy atom. The Kier molecular flexibility index (Phi) is 4.91. The summed E-state index contributed by atoms with van der Waals surface area (Å²) in [5.41, 5.74) is 3.22. The molecule has 2 aromatic heterocycles. The van der Waals surface area contributed by atoms with Gasteiger partial charge in [-0.2, -0.15) is 0 Å². The number of aryl methyl sites for hydroxylation is 1. The lowest BCUT2D eigenvalue weighted by molar-refractivity contribution is 0.632. The van der Waals surface area contributed by atoms with Gasteiger partial charge in [0.2, 0.25) is 0 Å². The van der Waals surface area contributed by atoms with Crippen molar-refractivity contribution in [1.29, 1.82) is 0 Å². The van der Waals surface area contributed by atoms with E-state index < -0.39 is 0 Å². The van der Waals surface area contributed by atoms with E-state index >= 15 is 0 Å². The third-order valence-corrected chi connectivity index (χ3v) is 4.17. The SMILES string of the molecule is CNc1nc(-c2cnccc2C)nc(CC(C)C)c1I. The number of nitrogens with one attached hydrogen (secondary N) is 1. The molecule has 0 aliphatic heterocycles. The minimum Gasteiger partial charge on any atom is -0.372 e. The van der Waals surface area contributed by atoms with E-state index in [1.54, 1.807) is 6.20 Å². The molecule has 2 aromatic rings. The molecule has 0 amide bonds. The van der Waals surface area contributed by atoms with Crippen LogP contribution in [0.3, 0.4) is 0 Å². The summed E-state index contributed by atoms with van der Waals surface area (Å²) in [4.78, 5) is 13.6. The Morgan fingerprint density at radius 2 is 2.05 bits per heavy atom. The molecule has 0 saturated heterocycles. The van der Waals surface area contributed by atoms with E-state index in [0.717, 1.165) is 38.5 Å². The van der Waals surface area contributed by atoms with Gasteiger partial charge in [-0.15, -0.1) is 0 Å². The van der Waals surface area contributed by atoms with Crippen LogP contribution in [-0.4, -0.2) is 22.0 Å². The molecule has 20 heavy (non-hydrogen) atoms. The number of halogens is 1. The van der Waals surface area contributed by atoms with Gasteiger partial charge in [0.25, 0.3) is 0 Å². The van der Waals surface area contributed by atoms with Crippen LogP contribution < -0.4 is 5.32 Å². The number of rotatable bonds is 4. The predicted octanol–water partition coefficient (Wildman–Crippen LogP) is 3.69. The van der Waals surface area contributed by atoms with Gasteiger partial charge in [0.05, 0.1) is 9.26 Å². The lowest BCUT2D eigenvalue weighted by atomic mass is 10.1. The van der Waals surface area contributed by atoms with Crippen molar-refractivity contribution in [2.24, 2.45) is 5.92 Å². The van der Waals surface area contributed by atoms with Crippen LogP contribution in [0.4, 0.5) is 5.82 Å². The van der Waals surface area contributed by atoms with Crippen molar-refractivity contribution in [2.45, 2.75) is 27.2 Å². The number of pyridine rings is 1. The summed E-state index contributed by atoms with van der Waals surface area (Å²) >= 11 is 2.32. The Morgan fingerprint density at radius 3 is 2.65 bits per heavy atom. The first-order valence-corrected chi connectivity index (χ1v) is 7.76. The normalized spacial score (nSPS) is 10.9. The second-order valence-corrected chi connectivity index (χ2v) is 6.27. The highest BCUT2D eigenvalue weighted by atomic mass is 127. The highest BCUT2D eigenvalue weighted by molar-refractivity contribution is 14.1. The molecule has 0 bridgehead atoms. The lowest BCUT2D eigenvalue weighted by Crippen LogP contribution is -2.08. The third kappa shape index (κ3) is 3.26. The van der Waals surface area contributed by atoms with Gasteiger partial charge in [-0.1, -0.05) is 13.8 Å². The van der Waals surface area contributed by atoms with E-state index in [-0.39, 0.29) is 0 Å². The Hall–Kier alpha value is -1.24. The van der Waals surface area contributed by atoms with Crippen LogP contribution in [0.1, 0.15) is 25.1 Å². The van der Waals surface area contributed by atoms with E-state index in [1.165, 1.54) is 0 Å². The average Bonchev–Trinajstić information content (AvgIpc) is 2.41. The molecule has 0 aromatic carbocycles. The maximum absolute atomic E-state index is 4.75. The molecule has 0 spiro atoms. The summed E-state index contributed by atoms with van der Waals surface area (Å²) in [7, 11) is 1.89. The maximum Gasteiger partial charge on any atom is 0.163 e. The largest absolute Gasteiger partial charge is 0.372 e. The molecule has 0 atom stereocenters. The monoisotopic (exact) mass is 382 g/mol. The van der Waals surface area contributed by atoms with Gasteiger partial charge in [-0.25, -0.2) is 9.97 Å². The van der Waals surface area contributed by atoms with Crippen molar-refractivity contribution in [2.75, 3.05) is 12.4 Å². The van der Waals surface area contributed by atoms with Gasteiger partial charge in [0.1, 0.15) is 5.82 Å². The molecule has 0 unspecified atom stereocenters. The minimum atomic E-state index is 0.561. The summed E-state index contributed by atoms with van der Waals surface area (Å²) in [5.74, 6) is 2.19. The molecule has 106 valence electrons. The number of anilines is 1. The molecule has 2 heterocycles. The molecule has 0 radical (unpaired) electrons. The molecule has 0 aliphatic carbocycles. The fraction of sp³-hybridized carbons (Fsp3) is 0.400. The van der Waals surface area contributed by atoms with Gasteiger partial charge in [-0.3, -0.25) is 4.98 Å². The average molecular weight is 382 g/mol. The summed E-state index contributed by atoms with van der Waals surface area (Å²) < 4.78 is 1.10. The molecule has 4 nitrogen and oxygen atoms in total. The van der Waals surface area contributed by atoms with Crippen LogP contribution in [0, 0.1) is 16.4 Å². The van der Waals surface area contributed by atoms with Gasteiger partial charge in [-0.05, 0) is 53.5 Å². The van der Waals surface area contributed by atoms with Gasteiger partial charge in [0, 0.05) is 25.0 Å². The van der Waals surface area contributed by atoms with Gasteiger partial charge < -0.3 is 5.32 Å². The predicted molar refractivity (Wildman–Crippen MR) is 90.8 cm³/mol.